The van der Waals surface area contributed by atoms with Crippen molar-refractivity contribution in [2.45, 2.75) is 19.1 Å². The summed E-state index contributed by atoms with van der Waals surface area (Å²) in [4.78, 5) is 2.25. The van der Waals surface area contributed by atoms with Crippen molar-refractivity contribution in [3.05, 3.63) is 29.8 Å². The molecule has 2 aliphatic rings. The largest absolute Gasteiger partial charge is 0.454 e. The van der Waals surface area contributed by atoms with Crippen molar-refractivity contribution in [1.29, 1.82) is 0 Å². The SMILES string of the molecule is CC(C(O)/C=C/c1ccc2c(c1)OCO2)N1CCOCC1. The Bertz CT molecular complexity index is 511. The fourth-order valence-electron chi connectivity index (χ4n) is 2.59. The highest BCUT2D eigenvalue weighted by atomic mass is 16.7. The van der Waals surface area contributed by atoms with Crippen LogP contribution in [0.3, 0.4) is 0 Å². The number of hydrogen-bond donors (Lipinski definition) is 1. The van der Waals surface area contributed by atoms with Crippen LogP contribution in [0, 0.1) is 0 Å². The lowest BCUT2D eigenvalue weighted by Crippen LogP contribution is -2.46. The molecule has 5 heteroatoms. The first-order valence-electron chi connectivity index (χ1n) is 7.32. The van der Waals surface area contributed by atoms with Gasteiger partial charge in [-0.3, -0.25) is 4.90 Å². The lowest BCUT2D eigenvalue weighted by atomic mass is 10.1. The summed E-state index contributed by atoms with van der Waals surface area (Å²) in [5, 5.41) is 10.3. The molecule has 2 aliphatic heterocycles. The molecule has 1 aromatic carbocycles. The molecule has 0 aliphatic carbocycles. The Balaban J connectivity index is 1.62. The zero-order chi connectivity index (χ0) is 14.7. The van der Waals surface area contributed by atoms with Gasteiger partial charge in [0.2, 0.25) is 6.79 Å². The standard InChI is InChI=1S/C16H21NO4/c1-12(17-6-8-19-9-7-17)14(18)4-2-13-3-5-15-16(10-13)21-11-20-15/h2-5,10,12,14,18H,6-9,11H2,1H3/b4-2+. The monoisotopic (exact) mass is 291 g/mol. The Morgan fingerprint density at radius 2 is 1.95 bits per heavy atom. The van der Waals surface area contributed by atoms with Gasteiger partial charge in [-0.05, 0) is 24.6 Å². The highest BCUT2D eigenvalue weighted by molar-refractivity contribution is 5.56. The summed E-state index contributed by atoms with van der Waals surface area (Å²) in [5.41, 5.74) is 0.993. The van der Waals surface area contributed by atoms with E-state index >= 15 is 0 Å². The maximum absolute atomic E-state index is 10.3. The number of aliphatic hydroxyl groups excluding tert-OH is 1. The second-order valence-electron chi connectivity index (χ2n) is 5.35. The predicted molar refractivity (Wildman–Crippen MR) is 79.5 cm³/mol. The molecule has 0 spiro atoms. The van der Waals surface area contributed by atoms with Crippen LogP contribution in [-0.2, 0) is 4.74 Å². The maximum atomic E-state index is 10.3. The highest BCUT2D eigenvalue weighted by Gasteiger charge is 2.21. The van der Waals surface area contributed by atoms with Crippen LogP contribution in [0.15, 0.2) is 24.3 Å². The van der Waals surface area contributed by atoms with Gasteiger partial charge >= 0.3 is 0 Å². The number of hydrogen-bond acceptors (Lipinski definition) is 5. The molecule has 2 unspecified atom stereocenters. The molecule has 1 aromatic rings. The molecule has 0 bridgehead atoms. The lowest BCUT2D eigenvalue weighted by Gasteiger charge is -2.34. The van der Waals surface area contributed by atoms with Crippen molar-refractivity contribution in [2.75, 3.05) is 33.1 Å². The Hall–Kier alpha value is -1.56. The predicted octanol–water partition coefficient (Wildman–Crippen LogP) is 1.51. The normalized spacial score (nSPS) is 21.6. The van der Waals surface area contributed by atoms with Crippen molar-refractivity contribution >= 4 is 6.08 Å². The quantitative estimate of drug-likeness (QED) is 0.911. The molecule has 2 heterocycles. The fraction of sp³-hybridized carbons (Fsp3) is 0.500. The molecule has 0 amide bonds. The number of morpholine rings is 1. The van der Waals surface area contributed by atoms with E-state index < -0.39 is 6.10 Å². The molecule has 0 saturated carbocycles. The third kappa shape index (κ3) is 3.37. The van der Waals surface area contributed by atoms with Crippen LogP contribution in [-0.4, -0.2) is 55.2 Å². The molecule has 5 nitrogen and oxygen atoms in total. The minimum absolute atomic E-state index is 0.0826. The van der Waals surface area contributed by atoms with Crippen molar-refractivity contribution in [3.8, 4) is 11.5 Å². The minimum Gasteiger partial charge on any atom is -0.454 e. The fourth-order valence-corrected chi connectivity index (χ4v) is 2.59. The zero-order valence-electron chi connectivity index (χ0n) is 12.2. The summed E-state index contributed by atoms with van der Waals surface area (Å²) in [6, 6.07) is 5.85. The van der Waals surface area contributed by atoms with Gasteiger partial charge in [-0.2, -0.15) is 0 Å². The van der Waals surface area contributed by atoms with E-state index in [0.29, 0.717) is 0 Å². The third-order valence-electron chi connectivity index (χ3n) is 4.00. The molecular formula is C16H21NO4. The molecule has 0 aromatic heterocycles. The van der Waals surface area contributed by atoms with E-state index in [9.17, 15) is 5.11 Å². The zero-order valence-corrected chi connectivity index (χ0v) is 12.2. The number of aliphatic hydroxyl groups is 1. The first-order valence-corrected chi connectivity index (χ1v) is 7.32. The Kier molecular flexibility index (Phi) is 4.43. The summed E-state index contributed by atoms with van der Waals surface area (Å²) < 4.78 is 16.0. The first-order chi connectivity index (χ1) is 10.2. The van der Waals surface area contributed by atoms with Gasteiger partial charge in [0.05, 0.1) is 19.3 Å². The Morgan fingerprint density at radius 1 is 1.19 bits per heavy atom. The summed E-state index contributed by atoms with van der Waals surface area (Å²) >= 11 is 0. The van der Waals surface area contributed by atoms with E-state index in [0.717, 1.165) is 43.4 Å². The van der Waals surface area contributed by atoms with Crippen molar-refractivity contribution in [2.24, 2.45) is 0 Å². The number of rotatable bonds is 4. The van der Waals surface area contributed by atoms with Crippen molar-refractivity contribution < 1.29 is 19.3 Å². The first kappa shape index (κ1) is 14.4. The number of benzene rings is 1. The van der Waals surface area contributed by atoms with Crippen LogP contribution in [0.4, 0.5) is 0 Å². The topological polar surface area (TPSA) is 51.2 Å². The summed E-state index contributed by atoms with van der Waals surface area (Å²) in [7, 11) is 0. The highest BCUT2D eigenvalue weighted by Crippen LogP contribution is 2.32. The molecule has 1 N–H and O–H groups in total. The van der Waals surface area contributed by atoms with E-state index in [1.807, 2.05) is 37.3 Å². The van der Waals surface area contributed by atoms with Crippen LogP contribution >= 0.6 is 0 Å². The van der Waals surface area contributed by atoms with Gasteiger partial charge in [-0.25, -0.2) is 0 Å². The van der Waals surface area contributed by atoms with Crippen molar-refractivity contribution in [1.82, 2.24) is 4.90 Å². The van der Waals surface area contributed by atoms with Gasteiger partial charge in [0.15, 0.2) is 11.5 Å². The summed E-state index contributed by atoms with van der Waals surface area (Å²) in [6.07, 6.45) is 3.25. The smallest absolute Gasteiger partial charge is 0.231 e. The molecule has 21 heavy (non-hydrogen) atoms. The van der Waals surface area contributed by atoms with Crippen molar-refractivity contribution in [3.63, 3.8) is 0 Å². The van der Waals surface area contributed by atoms with Crippen LogP contribution in [0.25, 0.3) is 6.08 Å². The van der Waals surface area contributed by atoms with Gasteiger partial charge in [-0.1, -0.05) is 18.2 Å². The Labute approximate surface area is 124 Å². The number of nitrogens with zero attached hydrogens (tertiary/aromatic N) is 1. The molecule has 2 atom stereocenters. The van der Waals surface area contributed by atoms with Crippen LogP contribution in [0.5, 0.6) is 11.5 Å². The Morgan fingerprint density at radius 3 is 2.76 bits per heavy atom. The second-order valence-corrected chi connectivity index (χ2v) is 5.35. The lowest BCUT2D eigenvalue weighted by molar-refractivity contribution is -0.00489. The third-order valence-corrected chi connectivity index (χ3v) is 4.00. The molecule has 114 valence electrons. The molecule has 1 saturated heterocycles. The number of ether oxygens (including phenoxy) is 3. The average Bonchev–Trinajstić information content (AvgIpc) is 3.00. The van der Waals surface area contributed by atoms with Gasteiger partial charge in [-0.15, -0.1) is 0 Å². The summed E-state index contributed by atoms with van der Waals surface area (Å²) in [5.74, 6) is 1.53. The van der Waals surface area contributed by atoms with Crippen LogP contribution in [0.2, 0.25) is 0 Å². The molecular weight excluding hydrogens is 270 g/mol. The maximum Gasteiger partial charge on any atom is 0.231 e. The average molecular weight is 291 g/mol. The van der Waals surface area contributed by atoms with Gasteiger partial charge in [0.1, 0.15) is 0 Å². The van der Waals surface area contributed by atoms with Crippen LogP contribution < -0.4 is 9.47 Å². The van der Waals surface area contributed by atoms with E-state index in [4.69, 9.17) is 14.2 Å². The molecule has 0 radical (unpaired) electrons. The van der Waals surface area contributed by atoms with Gasteiger partial charge in [0.25, 0.3) is 0 Å². The van der Waals surface area contributed by atoms with Gasteiger partial charge < -0.3 is 19.3 Å². The van der Waals surface area contributed by atoms with E-state index in [2.05, 4.69) is 4.90 Å². The van der Waals surface area contributed by atoms with Gasteiger partial charge in [0, 0.05) is 19.1 Å². The summed E-state index contributed by atoms with van der Waals surface area (Å²) in [6.45, 7) is 5.54. The van der Waals surface area contributed by atoms with E-state index in [1.165, 1.54) is 0 Å². The molecule has 3 rings (SSSR count). The minimum atomic E-state index is -0.506. The number of fused-ring (bicyclic) bond motifs is 1. The van der Waals surface area contributed by atoms with E-state index in [-0.39, 0.29) is 12.8 Å². The van der Waals surface area contributed by atoms with Crippen LogP contribution in [0.1, 0.15) is 12.5 Å². The second kappa shape index (κ2) is 6.47. The molecule has 1 fully saturated rings. The van der Waals surface area contributed by atoms with E-state index in [1.54, 1.807) is 0 Å².